The van der Waals surface area contributed by atoms with Crippen molar-refractivity contribution in [3.05, 3.63) is 29.8 Å². The molecule has 19 heavy (non-hydrogen) atoms. The van der Waals surface area contributed by atoms with Gasteiger partial charge in [-0.15, -0.1) is 6.42 Å². The van der Waals surface area contributed by atoms with Gasteiger partial charge >= 0.3 is 0 Å². The summed E-state index contributed by atoms with van der Waals surface area (Å²) in [5, 5.41) is 6.20. The number of anilines is 1. The van der Waals surface area contributed by atoms with Crippen LogP contribution in [0.1, 0.15) is 45.2 Å². The molecule has 1 rings (SSSR count). The second-order valence-electron chi connectivity index (χ2n) is 4.70. The van der Waals surface area contributed by atoms with Crippen molar-refractivity contribution in [2.75, 3.05) is 5.32 Å². The van der Waals surface area contributed by atoms with Crippen LogP contribution >= 0.6 is 0 Å². The summed E-state index contributed by atoms with van der Waals surface area (Å²) in [6.45, 7) is 5.70. The molecule has 2 atom stereocenters. The Hall–Kier alpha value is -1.79. The fraction of sp³-hybridized carbons (Fsp3) is 0.438. The number of hydrogen-bond donors (Lipinski definition) is 2. The normalized spacial score (nSPS) is 13.4. The van der Waals surface area contributed by atoms with Gasteiger partial charge in [-0.1, -0.05) is 31.4 Å². The third-order valence-corrected chi connectivity index (χ3v) is 2.94. The molecule has 102 valence electrons. The number of carbonyl (C=O) groups excluding carboxylic acids is 1. The van der Waals surface area contributed by atoms with E-state index in [0.717, 1.165) is 24.1 Å². The van der Waals surface area contributed by atoms with Crippen LogP contribution < -0.4 is 10.6 Å². The molecule has 0 aromatic heterocycles. The van der Waals surface area contributed by atoms with Crippen molar-refractivity contribution >= 4 is 11.6 Å². The summed E-state index contributed by atoms with van der Waals surface area (Å²) < 4.78 is 0. The van der Waals surface area contributed by atoms with Gasteiger partial charge in [0, 0.05) is 18.7 Å². The Morgan fingerprint density at radius 2 is 2.21 bits per heavy atom. The minimum atomic E-state index is -0.0646. The van der Waals surface area contributed by atoms with Crippen LogP contribution in [0.5, 0.6) is 0 Å². The van der Waals surface area contributed by atoms with E-state index in [1.54, 1.807) is 0 Å². The Bertz CT molecular complexity index is 462. The smallest absolute Gasteiger partial charge is 0.221 e. The largest absolute Gasteiger partial charge is 0.326 e. The molecule has 0 saturated carbocycles. The van der Waals surface area contributed by atoms with E-state index in [-0.39, 0.29) is 18.0 Å². The molecule has 0 aliphatic carbocycles. The Kier molecular flexibility index (Phi) is 6.11. The molecule has 0 spiro atoms. The predicted octanol–water partition coefficient (Wildman–Crippen LogP) is 3.10. The highest BCUT2D eigenvalue weighted by Crippen LogP contribution is 2.18. The van der Waals surface area contributed by atoms with Crippen molar-refractivity contribution in [1.29, 1.82) is 0 Å². The third kappa shape index (κ3) is 5.15. The fourth-order valence-corrected chi connectivity index (χ4v) is 1.99. The Morgan fingerprint density at radius 1 is 1.47 bits per heavy atom. The molecule has 2 unspecified atom stereocenters. The summed E-state index contributed by atoms with van der Waals surface area (Å²) in [5.41, 5.74) is 1.93. The van der Waals surface area contributed by atoms with Gasteiger partial charge < -0.3 is 5.32 Å². The first-order valence-corrected chi connectivity index (χ1v) is 6.66. The van der Waals surface area contributed by atoms with Crippen LogP contribution in [0.2, 0.25) is 0 Å². The number of amides is 1. The van der Waals surface area contributed by atoms with Crippen molar-refractivity contribution < 1.29 is 4.79 Å². The molecule has 0 fully saturated rings. The average molecular weight is 258 g/mol. The van der Waals surface area contributed by atoms with Gasteiger partial charge in [-0.3, -0.25) is 10.1 Å². The van der Waals surface area contributed by atoms with Gasteiger partial charge in [0.15, 0.2) is 0 Å². The molecular formula is C16H22N2O. The maximum absolute atomic E-state index is 11.1. The molecule has 0 aliphatic rings. The highest BCUT2D eigenvalue weighted by molar-refractivity contribution is 5.88. The number of terminal acetylenes is 1. The van der Waals surface area contributed by atoms with Crippen molar-refractivity contribution in [3.8, 4) is 12.3 Å². The van der Waals surface area contributed by atoms with Gasteiger partial charge in [0.2, 0.25) is 5.91 Å². The summed E-state index contributed by atoms with van der Waals surface area (Å²) in [5.74, 6) is 2.71. The predicted molar refractivity (Wildman–Crippen MR) is 79.8 cm³/mol. The van der Waals surface area contributed by atoms with Crippen LogP contribution in [-0.2, 0) is 4.79 Å². The first kappa shape index (κ1) is 15.3. The van der Waals surface area contributed by atoms with Crippen LogP contribution in [0.3, 0.4) is 0 Å². The lowest BCUT2D eigenvalue weighted by Gasteiger charge is -2.20. The summed E-state index contributed by atoms with van der Waals surface area (Å²) in [6.07, 6.45) is 7.53. The highest BCUT2D eigenvalue weighted by atomic mass is 16.1. The molecule has 0 heterocycles. The average Bonchev–Trinajstić information content (AvgIpc) is 2.37. The number of nitrogens with one attached hydrogen (secondary N) is 2. The lowest BCUT2D eigenvalue weighted by Crippen LogP contribution is -2.30. The van der Waals surface area contributed by atoms with Gasteiger partial charge in [-0.25, -0.2) is 0 Å². The van der Waals surface area contributed by atoms with Gasteiger partial charge in [-0.2, -0.15) is 0 Å². The SMILES string of the molecule is C#CC(CCC)NC(C)c1cccc(NC(C)=O)c1. The summed E-state index contributed by atoms with van der Waals surface area (Å²) in [4.78, 5) is 11.1. The van der Waals surface area contributed by atoms with Crippen molar-refractivity contribution in [2.24, 2.45) is 0 Å². The molecule has 1 amide bonds. The van der Waals surface area contributed by atoms with E-state index in [4.69, 9.17) is 6.42 Å². The highest BCUT2D eigenvalue weighted by Gasteiger charge is 2.11. The number of carbonyl (C=O) groups is 1. The first-order chi connectivity index (χ1) is 9.06. The van der Waals surface area contributed by atoms with Crippen LogP contribution in [-0.4, -0.2) is 11.9 Å². The molecule has 0 saturated heterocycles. The summed E-state index contributed by atoms with van der Waals surface area (Å²) in [6, 6.07) is 8.05. The maximum atomic E-state index is 11.1. The molecule has 1 aromatic carbocycles. The lowest BCUT2D eigenvalue weighted by atomic mass is 10.1. The van der Waals surface area contributed by atoms with Crippen molar-refractivity contribution in [2.45, 2.75) is 45.7 Å². The zero-order chi connectivity index (χ0) is 14.3. The molecule has 0 radical (unpaired) electrons. The number of benzene rings is 1. The Morgan fingerprint density at radius 3 is 2.79 bits per heavy atom. The van der Waals surface area contributed by atoms with Gasteiger partial charge in [0.05, 0.1) is 6.04 Å². The van der Waals surface area contributed by atoms with E-state index in [2.05, 4.69) is 30.4 Å². The minimum absolute atomic E-state index is 0.0646. The fourth-order valence-electron chi connectivity index (χ4n) is 1.99. The van der Waals surface area contributed by atoms with Crippen LogP contribution in [0.25, 0.3) is 0 Å². The van der Waals surface area contributed by atoms with Crippen LogP contribution in [0, 0.1) is 12.3 Å². The second kappa shape index (κ2) is 7.60. The number of hydrogen-bond acceptors (Lipinski definition) is 2. The molecule has 0 aliphatic heterocycles. The Balaban J connectivity index is 2.73. The summed E-state index contributed by atoms with van der Waals surface area (Å²) >= 11 is 0. The Labute approximate surface area is 115 Å². The standard InChI is InChI=1S/C16H22N2O/c1-5-8-15(6-2)17-12(3)14-9-7-10-16(11-14)18-13(4)19/h2,7,9-12,15,17H,5,8H2,1,3-4H3,(H,18,19). The van der Waals surface area contributed by atoms with Crippen LogP contribution in [0.4, 0.5) is 5.69 Å². The summed E-state index contributed by atoms with van der Waals surface area (Å²) in [7, 11) is 0. The molecule has 3 nitrogen and oxygen atoms in total. The van der Waals surface area contributed by atoms with Crippen molar-refractivity contribution in [3.63, 3.8) is 0 Å². The topological polar surface area (TPSA) is 41.1 Å². The first-order valence-electron chi connectivity index (χ1n) is 6.66. The molecule has 1 aromatic rings. The van der Waals surface area contributed by atoms with E-state index in [1.165, 1.54) is 6.92 Å². The molecule has 2 N–H and O–H groups in total. The molecule has 3 heteroatoms. The van der Waals surface area contributed by atoms with E-state index in [1.807, 2.05) is 24.3 Å². The minimum Gasteiger partial charge on any atom is -0.326 e. The van der Waals surface area contributed by atoms with E-state index < -0.39 is 0 Å². The second-order valence-corrected chi connectivity index (χ2v) is 4.70. The van der Waals surface area contributed by atoms with E-state index in [9.17, 15) is 4.79 Å². The monoisotopic (exact) mass is 258 g/mol. The van der Waals surface area contributed by atoms with Gasteiger partial charge in [0.1, 0.15) is 0 Å². The zero-order valence-electron chi connectivity index (χ0n) is 11.9. The lowest BCUT2D eigenvalue weighted by molar-refractivity contribution is -0.114. The maximum Gasteiger partial charge on any atom is 0.221 e. The zero-order valence-corrected chi connectivity index (χ0v) is 11.9. The van der Waals surface area contributed by atoms with Gasteiger partial charge in [0.25, 0.3) is 0 Å². The van der Waals surface area contributed by atoms with E-state index in [0.29, 0.717) is 0 Å². The van der Waals surface area contributed by atoms with E-state index >= 15 is 0 Å². The van der Waals surface area contributed by atoms with Gasteiger partial charge in [-0.05, 0) is 31.0 Å². The van der Waals surface area contributed by atoms with Crippen molar-refractivity contribution in [1.82, 2.24) is 5.32 Å². The quantitative estimate of drug-likeness (QED) is 0.770. The molecule has 0 bridgehead atoms. The molecular weight excluding hydrogens is 236 g/mol. The third-order valence-electron chi connectivity index (χ3n) is 2.94. The van der Waals surface area contributed by atoms with Crippen LogP contribution in [0.15, 0.2) is 24.3 Å². The number of rotatable bonds is 6.